The van der Waals surface area contributed by atoms with Gasteiger partial charge in [0.05, 0.1) is 21.6 Å². The Morgan fingerprint density at radius 1 is 1.53 bits per heavy atom. The Bertz CT molecular complexity index is 543. The number of hydrogen-bond donors (Lipinski definition) is 0. The van der Waals surface area contributed by atoms with E-state index < -0.39 is 0 Å². The molecule has 2 nitrogen and oxygen atoms in total. The minimum atomic E-state index is -0.206. The van der Waals surface area contributed by atoms with Crippen molar-refractivity contribution in [1.29, 1.82) is 0 Å². The van der Waals surface area contributed by atoms with Gasteiger partial charge in [0.25, 0.3) is 0 Å². The van der Waals surface area contributed by atoms with Gasteiger partial charge < -0.3 is 0 Å². The molecule has 15 heavy (non-hydrogen) atoms. The van der Waals surface area contributed by atoms with Crippen LogP contribution in [-0.4, -0.2) is 9.78 Å². The molecule has 4 heteroatoms. The normalized spacial score (nSPS) is 16.2. The Kier molecular flexibility index (Phi) is 1.89. The number of rotatable bonds is 1. The molecule has 0 radical (unpaired) electrons. The van der Waals surface area contributed by atoms with Crippen LogP contribution in [0.15, 0.2) is 16.7 Å². The van der Waals surface area contributed by atoms with E-state index in [2.05, 4.69) is 21.0 Å². The number of fused-ring (bicyclic) bond motifs is 1. The Hall–Kier alpha value is -0.900. The molecular formula is C11H10BrFN2. The zero-order chi connectivity index (χ0) is 10.6. The number of aryl methyl sites for hydroxylation is 1. The molecule has 78 valence electrons. The fraction of sp³-hybridized carbons (Fsp3) is 0.364. The third-order valence-electron chi connectivity index (χ3n) is 2.96. The van der Waals surface area contributed by atoms with Gasteiger partial charge in [-0.05, 0) is 46.3 Å². The Labute approximate surface area is 95.2 Å². The van der Waals surface area contributed by atoms with Crippen molar-refractivity contribution in [2.45, 2.75) is 18.8 Å². The number of nitrogens with zero attached hydrogens (tertiary/aromatic N) is 2. The summed E-state index contributed by atoms with van der Waals surface area (Å²) in [7, 11) is 1.86. The van der Waals surface area contributed by atoms with Crippen LogP contribution in [0.1, 0.15) is 24.3 Å². The second-order valence-electron chi connectivity index (χ2n) is 4.07. The highest BCUT2D eigenvalue weighted by Gasteiger charge is 2.28. The van der Waals surface area contributed by atoms with E-state index in [0.29, 0.717) is 15.8 Å². The zero-order valence-electron chi connectivity index (χ0n) is 8.30. The highest BCUT2D eigenvalue weighted by Crippen LogP contribution is 2.44. The van der Waals surface area contributed by atoms with Gasteiger partial charge in [-0.15, -0.1) is 0 Å². The lowest BCUT2D eigenvalue weighted by Crippen LogP contribution is -1.95. The van der Waals surface area contributed by atoms with E-state index in [1.54, 1.807) is 10.9 Å². The van der Waals surface area contributed by atoms with Crippen molar-refractivity contribution in [1.82, 2.24) is 9.78 Å². The van der Waals surface area contributed by atoms with E-state index >= 15 is 0 Å². The van der Waals surface area contributed by atoms with Gasteiger partial charge in [0, 0.05) is 7.05 Å². The quantitative estimate of drug-likeness (QED) is 0.776. The Morgan fingerprint density at radius 3 is 2.93 bits per heavy atom. The minimum Gasteiger partial charge on any atom is -0.268 e. The largest absolute Gasteiger partial charge is 0.268 e. The molecule has 1 fully saturated rings. The van der Waals surface area contributed by atoms with E-state index in [-0.39, 0.29) is 5.82 Å². The summed E-state index contributed by atoms with van der Waals surface area (Å²) < 4.78 is 16.1. The predicted molar refractivity (Wildman–Crippen MR) is 60.3 cm³/mol. The van der Waals surface area contributed by atoms with E-state index in [0.717, 1.165) is 5.52 Å². The third kappa shape index (κ3) is 1.31. The first-order chi connectivity index (χ1) is 7.18. The first-order valence-corrected chi connectivity index (χ1v) is 5.77. The number of hydrogen-bond acceptors (Lipinski definition) is 1. The summed E-state index contributed by atoms with van der Waals surface area (Å²) in [6.45, 7) is 0. The molecule has 2 aromatic rings. The smallest absolute Gasteiger partial charge is 0.148 e. The molecule has 1 aromatic heterocycles. The van der Waals surface area contributed by atoms with E-state index in [1.807, 2.05) is 13.1 Å². The lowest BCUT2D eigenvalue weighted by atomic mass is 10.1. The summed E-state index contributed by atoms with van der Waals surface area (Å²) in [6.07, 6.45) is 4.01. The molecule has 1 aliphatic rings. The summed E-state index contributed by atoms with van der Waals surface area (Å²) in [6, 6.07) is 1.90. The predicted octanol–water partition coefficient (Wildman–Crippen LogP) is 3.35. The van der Waals surface area contributed by atoms with Gasteiger partial charge in [0.1, 0.15) is 5.82 Å². The van der Waals surface area contributed by atoms with Crippen LogP contribution in [0, 0.1) is 5.82 Å². The maximum absolute atomic E-state index is 13.8. The monoisotopic (exact) mass is 268 g/mol. The topological polar surface area (TPSA) is 17.8 Å². The van der Waals surface area contributed by atoms with Crippen LogP contribution in [0.3, 0.4) is 0 Å². The highest BCUT2D eigenvalue weighted by atomic mass is 79.9. The fourth-order valence-electron chi connectivity index (χ4n) is 2.04. The molecule has 1 heterocycles. The standard InChI is InChI=1S/C11H10BrFN2/c1-15-11-7(6-2-3-6)4-9(12)10(13)8(11)5-14-15/h4-6H,2-3H2,1H3. The molecule has 1 aliphatic carbocycles. The van der Waals surface area contributed by atoms with Gasteiger partial charge in [0.2, 0.25) is 0 Å². The van der Waals surface area contributed by atoms with Crippen molar-refractivity contribution in [3.63, 3.8) is 0 Å². The summed E-state index contributed by atoms with van der Waals surface area (Å²) in [4.78, 5) is 0. The van der Waals surface area contributed by atoms with Crippen molar-refractivity contribution in [2.24, 2.45) is 7.05 Å². The van der Waals surface area contributed by atoms with Crippen LogP contribution >= 0.6 is 15.9 Å². The third-order valence-corrected chi connectivity index (χ3v) is 3.53. The maximum Gasteiger partial charge on any atom is 0.148 e. The lowest BCUT2D eigenvalue weighted by Gasteiger charge is -2.05. The van der Waals surface area contributed by atoms with E-state index in [4.69, 9.17) is 0 Å². The van der Waals surface area contributed by atoms with Crippen LogP contribution in [0.5, 0.6) is 0 Å². The second kappa shape index (κ2) is 3.04. The molecule has 0 unspecified atom stereocenters. The zero-order valence-corrected chi connectivity index (χ0v) is 9.88. The fourth-order valence-corrected chi connectivity index (χ4v) is 2.50. The average Bonchev–Trinajstić information content (AvgIpc) is 2.97. The first kappa shape index (κ1) is 9.33. The molecular weight excluding hydrogens is 259 g/mol. The van der Waals surface area contributed by atoms with E-state index in [1.165, 1.54) is 18.4 Å². The maximum atomic E-state index is 13.8. The molecule has 3 rings (SSSR count). The summed E-state index contributed by atoms with van der Waals surface area (Å²) >= 11 is 3.26. The van der Waals surface area contributed by atoms with Crippen LogP contribution in [0.2, 0.25) is 0 Å². The molecule has 0 N–H and O–H groups in total. The van der Waals surface area contributed by atoms with Crippen molar-refractivity contribution in [2.75, 3.05) is 0 Å². The molecule has 1 aromatic carbocycles. The van der Waals surface area contributed by atoms with Crippen molar-refractivity contribution in [3.8, 4) is 0 Å². The number of aromatic nitrogens is 2. The summed E-state index contributed by atoms with van der Waals surface area (Å²) in [5, 5.41) is 4.74. The van der Waals surface area contributed by atoms with Crippen LogP contribution < -0.4 is 0 Å². The number of halogens is 2. The molecule has 0 atom stereocenters. The first-order valence-electron chi connectivity index (χ1n) is 4.98. The van der Waals surface area contributed by atoms with Crippen molar-refractivity contribution < 1.29 is 4.39 Å². The molecule has 0 amide bonds. The molecule has 0 bridgehead atoms. The van der Waals surface area contributed by atoms with Gasteiger partial charge >= 0.3 is 0 Å². The van der Waals surface area contributed by atoms with Crippen LogP contribution in [0.4, 0.5) is 4.39 Å². The highest BCUT2D eigenvalue weighted by molar-refractivity contribution is 9.10. The minimum absolute atomic E-state index is 0.206. The Morgan fingerprint density at radius 2 is 2.27 bits per heavy atom. The Balaban J connectivity index is 2.42. The molecule has 0 aliphatic heterocycles. The SMILES string of the molecule is Cn1ncc2c(F)c(Br)cc(C3CC3)c21. The summed E-state index contributed by atoms with van der Waals surface area (Å²) in [5.41, 5.74) is 2.16. The molecule has 1 saturated carbocycles. The molecule has 0 spiro atoms. The second-order valence-corrected chi connectivity index (χ2v) is 4.92. The van der Waals surface area contributed by atoms with Crippen molar-refractivity contribution >= 4 is 26.8 Å². The average molecular weight is 269 g/mol. The van der Waals surface area contributed by atoms with E-state index in [9.17, 15) is 4.39 Å². The van der Waals surface area contributed by atoms with Gasteiger partial charge in [-0.2, -0.15) is 5.10 Å². The number of benzene rings is 1. The van der Waals surface area contributed by atoms with Gasteiger partial charge in [-0.1, -0.05) is 0 Å². The molecule has 0 saturated heterocycles. The van der Waals surface area contributed by atoms with Crippen molar-refractivity contribution in [3.05, 3.63) is 28.1 Å². The van der Waals surface area contributed by atoms with Gasteiger partial charge in [-0.25, -0.2) is 4.39 Å². The van der Waals surface area contributed by atoms with Crippen LogP contribution in [0.25, 0.3) is 10.9 Å². The summed E-state index contributed by atoms with van der Waals surface area (Å²) in [5.74, 6) is 0.391. The van der Waals surface area contributed by atoms with Crippen LogP contribution in [-0.2, 0) is 7.05 Å². The van der Waals surface area contributed by atoms with Gasteiger partial charge in [0.15, 0.2) is 0 Å². The lowest BCUT2D eigenvalue weighted by molar-refractivity contribution is 0.632. The van der Waals surface area contributed by atoms with Gasteiger partial charge in [-0.3, -0.25) is 4.68 Å².